The van der Waals surface area contributed by atoms with Crippen LogP contribution in [0, 0.1) is 6.92 Å². The molecule has 0 aliphatic carbocycles. The van der Waals surface area contributed by atoms with Crippen molar-refractivity contribution in [1.82, 2.24) is 24.5 Å². The van der Waals surface area contributed by atoms with E-state index in [1.54, 1.807) is 0 Å². The SMILES string of the molecule is Cc1c2ccc3c1nnn3CCCCCCc1ccc(c3ccn(C)c13)C(=O)N1CCc3ccc(cc3C1)[C@@H]2CC(=O)O. The third kappa shape index (κ3) is 4.88. The topological polar surface area (TPSA) is 93.3 Å². The lowest BCUT2D eigenvalue weighted by Gasteiger charge is -2.30. The molecule has 0 fully saturated rings. The summed E-state index contributed by atoms with van der Waals surface area (Å²) in [6.45, 7) is 3.99. The van der Waals surface area contributed by atoms with E-state index in [9.17, 15) is 14.7 Å². The lowest BCUT2D eigenvalue weighted by atomic mass is 9.83. The van der Waals surface area contributed by atoms with Gasteiger partial charge in [-0.1, -0.05) is 48.4 Å². The molecule has 9 bridgehead atoms. The number of aromatic nitrogens is 4. The van der Waals surface area contributed by atoms with E-state index < -0.39 is 5.97 Å². The number of hydrogen-bond donors (Lipinski definition) is 1. The molecule has 1 amide bonds. The molecule has 0 unspecified atom stereocenters. The fraction of sp³-hybridized carbons (Fsp3) is 0.371. The predicted octanol–water partition coefficient (Wildman–Crippen LogP) is 6.15. The Morgan fingerprint density at radius 2 is 1.79 bits per heavy atom. The van der Waals surface area contributed by atoms with Gasteiger partial charge in [0.25, 0.3) is 5.91 Å². The average molecular weight is 576 g/mol. The minimum absolute atomic E-state index is 0.0275. The molecule has 1 atom stereocenters. The van der Waals surface area contributed by atoms with Gasteiger partial charge < -0.3 is 14.6 Å². The Kier molecular flexibility index (Phi) is 7.00. The van der Waals surface area contributed by atoms with Crippen LogP contribution in [0.5, 0.6) is 0 Å². The van der Waals surface area contributed by atoms with Crippen LogP contribution in [-0.4, -0.2) is 48.0 Å². The van der Waals surface area contributed by atoms with Crippen LogP contribution in [0.1, 0.15) is 81.8 Å². The number of amides is 1. The number of aryl methyl sites for hydroxylation is 4. The van der Waals surface area contributed by atoms with Gasteiger partial charge in [0, 0.05) is 49.7 Å². The van der Waals surface area contributed by atoms with E-state index in [1.807, 2.05) is 28.6 Å². The Morgan fingerprint density at radius 3 is 2.65 bits per heavy atom. The van der Waals surface area contributed by atoms with Gasteiger partial charge in [0.05, 0.1) is 17.5 Å². The van der Waals surface area contributed by atoms with Crippen molar-refractivity contribution in [2.75, 3.05) is 6.54 Å². The highest BCUT2D eigenvalue weighted by Crippen LogP contribution is 2.36. The van der Waals surface area contributed by atoms with Crippen LogP contribution in [-0.2, 0) is 37.8 Å². The Labute approximate surface area is 250 Å². The fourth-order valence-corrected chi connectivity index (χ4v) is 7.26. The van der Waals surface area contributed by atoms with E-state index in [0.29, 0.717) is 13.1 Å². The monoisotopic (exact) mass is 575 g/mol. The first kappa shape index (κ1) is 27.4. The van der Waals surface area contributed by atoms with Crippen molar-refractivity contribution in [2.24, 2.45) is 7.05 Å². The summed E-state index contributed by atoms with van der Waals surface area (Å²) in [7, 11) is 2.06. The van der Waals surface area contributed by atoms with E-state index in [2.05, 4.69) is 64.5 Å². The van der Waals surface area contributed by atoms with Crippen LogP contribution in [0.15, 0.2) is 54.7 Å². The van der Waals surface area contributed by atoms with Gasteiger partial charge in [-0.05, 0) is 84.2 Å². The van der Waals surface area contributed by atoms with E-state index in [-0.39, 0.29) is 18.2 Å². The number of carbonyl (C=O) groups excluding carboxylic acids is 1. The van der Waals surface area contributed by atoms with Crippen LogP contribution in [0.3, 0.4) is 0 Å². The summed E-state index contributed by atoms with van der Waals surface area (Å²) < 4.78 is 4.13. The molecule has 5 aromatic rings. The minimum atomic E-state index is -0.848. The van der Waals surface area contributed by atoms with Gasteiger partial charge in [-0.25, -0.2) is 4.68 Å². The van der Waals surface area contributed by atoms with Crippen molar-refractivity contribution in [1.29, 1.82) is 0 Å². The van der Waals surface area contributed by atoms with E-state index in [1.165, 1.54) is 11.1 Å². The Balaban J connectivity index is 1.33. The van der Waals surface area contributed by atoms with Gasteiger partial charge in [0.15, 0.2) is 0 Å². The molecular formula is C35H37N5O3. The number of rotatable bonds is 2. The van der Waals surface area contributed by atoms with Crippen molar-refractivity contribution in [3.05, 3.63) is 93.7 Å². The zero-order valence-electron chi connectivity index (χ0n) is 24.8. The van der Waals surface area contributed by atoms with Crippen LogP contribution < -0.4 is 0 Å². The molecule has 0 saturated heterocycles. The van der Waals surface area contributed by atoms with E-state index in [4.69, 9.17) is 0 Å². The zero-order chi connectivity index (χ0) is 29.7. The smallest absolute Gasteiger partial charge is 0.304 e. The standard InChI is InChI=1S/C35H37N5O3/c1-22-27-12-13-31-33(22)36-37-40(31)16-6-4-3-5-7-24-10-11-29(28-15-17-38(2)34(24)28)35(43)39-18-14-23-8-9-25(19-26(23)21-39)30(27)20-32(41)42/h8-13,15,17,19,30H,3-7,14,16,18,20-21H2,1-2H3,(H,41,42)/t30-/m0/s1. The molecule has 0 saturated carbocycles. The van der Waals surface area contributed by atoms with Crippen LogP contribution in [0.2, 0.25) is 0 Å². The largest absolute Gasteiger partial charge is 0.481 e. The third-order valence-corrected chi connectivity index (χ3v) is 9.58. The normalized spacial score (nSPS) is 17.7. The maximum absolute atomic E-state index is 14.0. The number of carboxylic acid groups (broad SMARTS) is 1. The molecule has 3 aromatic carbocycles. The van der Waals surface area contributed by atoms with Gasteiger partial charge in [-0.15, -0.1) is 5.10 Å². The quantitative estimate of drug-likeness (QED) is 0.272. The Hall–Kier alpha value is -4.46. The molecule has 8 nitrogen and oxygen atoms in total. The zero-order valence-corrected chi connectivity index (χ0v) is 24.8. The minimum Gasteiger partial charge on any atom is -0.481 e. The highest BCUT2D eigenvalue weighted by molar-refractivity contribution is 6.07. The molecule has 1 N–H and O–H groups in total. The highest BCUT2D eigenvalue weighted by atomic mass is 16.4. The first-order valence-corrected chi connectivity index (χ1v) is 15.4. The first-order valence-electron chi connectivity index (χ1n) is 15.4. The third-order valence-electron chi connectivity index (χ3n) is 9.58. The van der Waals surface area contributed by atoms with E-state index in [0.717, 1.165) is 94.8 Å². The fourth-order valence-electron chi connectivity index (χ4n) is 7.26. The molecule has 0 radical (unpaired) electrons. The van der Waals surface area contributed by atoms with Gasteiger partial charge in [0.1, 0.15) is 5.52 Å². The molecular weight excluding hydrogens is 538 g/mol. The maximum atomic E-state index is 14.0. The summed E-state index contributed by atoms with van der Waals surface area (Å²) in [6, 6.07) is 16.6. The Bertz CT molecular complexity index is 1880. The van der Waals surface area contributed by atoms with Crippen molar-refractivity contribution in [3.63, 3.8) is 0 Å². The molecule has 5 aliphatic heterocycles. The summed E-state index contributed by atoms with van der Waals surface area (Å²) in [5, 5.41) is 20.0. The molecule has 7 heterocycles. The summed E-state index contributed by atoms with van der Waals surface area (Å²) in [6.07, 6.45) is 8.10. The first-order chi connectivity index (χ1) is 20.9. The Morgan fingerprint density at radius 1 is 0.953 bits per heavy atom. The molecule has 10 rings (SSSR count). The summed E-state index contributed by atoms with van der Waals surface area (Å²) >= 11 is 0. The van der Waals surface area contributed by atoms with Crippen LogP contribution >= 0.6 is 0 Å². The number of benzene rings is 3. The van der Waals surface area contributed by atoms with Gasteiger partial charge in [0.2, 0.25) is 0 Å². The molecule has 0 spiro atoms. The lowest BCUT2D eigenvalue weighted by molar-refractivity contribution is -0.137. The number of aliphatic carboxylic acids is 1. The summed E-state index contributed by atoms with van der Waals surface area (Å²) in [4.78, 5) is 28.1. The number of hydrogen-bond acceptors (Lipinski definition) is 4. The highest BCUT2D eigenvalue weighted by Gasteiger charge is 2.27. The molecule has 43 heavy (non-hydrogen) atoms. The number of nitrogens with zero attached hydrogens (tertiary/aromatic N) is 5. The average Bonchev–Trinajstić information content (AvgIpc) is 3.61. The van der Waals surface area contributed by atoms with Gasteiger partial charge >= 0.3 is 5.97 Å². The second kappa shape index (κ2) is 11.0. The second-order valence-corrected chi connectivity index (χ2v) is 12.2. The number of carbonyl (C=O) groups is 2. The molecule has 8 heteroatoms. The maximum Gasteiger partial charge on any atom is 0.304 e. The predicted molar refractivity (Wildman–Crippen MR) is 166 cm³/mol. The van der Waals surface area contributed by atoms with Crippen molar-refractivity contribution < 1.29 is 14.7 Å². The van der Waals surface area contributed by atoms with Crippen LogP contribution in [0.25, 0.3) is 21.9 Å². The van der Waals surface area contributed by atoms with Crippen molar-refractivity contribution >= 4 is 33.8 Å². The molecule has 2 aromatic heterocycles. The van der Waals surface area contributed by atoms with E-state index >= 15 is 0 Å². The van der Waals surface area contributed by atoms with Gasteiger partial charge in [-0.3, -0.25) is 9.59 Å². The lowest BCUT2D eigenvalue weighted by Crippen LogP contribution is -2.36. The van der Waals surface area contributed by atoms with Crippen LogP contribution in [0.4, 0.5) is 0 Å². The second-order valence-electron chi connectivity index (χ2n) is 12.2. The summed E-state index contributed by atoms with van der Waals surface area (Å²) in [5.41, 5.74) is 10.2. The van der Waals surface area contributed by atoms with Gasteiger partial charge in [-0.2, -0.15) is 0 Å². The van der Waals surface area contributed by atoms with Crippen molar-refractivity contribution in [3.8, 4) is 0 Å². The summed E-state index contributed by atoms with van der Waals surface area (Å²) in [5.74, 6) is -1.13. The number of carboxylic acids is 1. The molecule has 5 aliphatic rings. The molecule has 220 valence electrons. The van der Waals surface area contributed by atoms with Crippen molar-refractivity contribution in [2.45, 2.75) is 70.9 Å².